The van der Waals surface area contributed by atoms with Crippen LogP contribution in [0.15, 0.2) is 30.5 Å². The molecule has 1 heterocycles. The number of hydrogen-bond acceptors (Lipinski definition) is 2. The van der Waals surface area contributed by atoms with Crippen LogP contribution in [-0.4, -0.2) is 24.8 Å². The molecule has 0 amide bonds. The van der Waals surface area contributed by atoms with Gasteiger partial charge in [0.1, 0.15) is 0 Å². The minimum absolute atomic E-state index is 0.702. The first kappa shape index (κ1) is 12.1. The van der Waals surface area contributed by atoms with Crippen LogP contribution in [0.25, 0.3) is 10.9 Å². The summed E-state index contributed by atoms with van der Waals surface area (Å²) in [5.41, 5.74) is 8.27. The van der Waals surface area contributed by atoms with E-state index in [1.54, 1.807) is 7.11 Å². The van der Waals surface area contributed by atoms with Crippen molar-refractivity contribution in [3.63, 3.8) is 0 Å². The Balaban J connectivity index is 2.24. The maximum Gasteiger partial charge on any atom is 0.0483 e. The molecule has 2 aromatic rings. The fourth-order valence-electron chi connectivity index (χ4n) is 2.23. The number of benzene rings is 1. The molecular formula is C14H20N2O. The second-order valence-corrected chi connectivity index (χ2v) is 4.24. The molecule has 3 nitrogen and oxygen atoms in total. The van der Waals surface area contributed by atoms with E-state index < -0.39 is 0 Å². The molecule has 0 aliphatic rings. The van der Waals surface area contributed by atoms with Crippen molar-refractivity contribution in [2.24, 2.45) is 5.73 Å². The highest BCUT2D eigenvalue weighted by molar-refractivity contribution is 5.83. The lowest BCUT2D eigenvalue weighted by Gasteiger charge is -2.06. The third-order valence-corrected chi connectivity index (χ3v) is 3.07. The Hall–Kier alpha value is -1.32. The molecule has 0 fully saturated rings. The monoisotopic (exact) mass is 232 g/mol. The quantitative estimate of drug-likeness (QED) is 0.775. The lowest BCUT2D eigenvalue weighted by Crippen LogP contribution is -2.03. The molecule has 2 rings (SSSR count). The summed E-state index contributed by atoms with van der Waals surface area (Å²) in [6.07, 6.45) is 4.14. The number of nitrogens with zero attached hydrogens (tertiary/aromatic N) is 1. The number of aryl methyl sites for hydroxylation is 1. The predicted octanol–water partition coefficient (Wildman–Crippen LogP) is 2.18. The van der Waals surface area contributed by atoms with E-state index in [4.69, 9.17) is 10.5 Å². The maximum atomic E-state index is 5.63. The number of rotatable bonds is 6. The highest BCUT2D eigenvalue weighted by atomic mass is 16.5. The van der Waals surface area contributed by atoms with Gasteiger partial charge in [-0.1, -0.05) is 12.1 Å². The molecule has 0 bridgehead atoms. The lowest BCUT2D eigenvalue weighted by molar-refractivity contribution is 0.190. The second-order valence-electron chi connectivity index (χ2n) is 4.24. The Morgan fingerprint density at radius 3 is 2.94 bits per heavy atom. The standard InChI is InChI=1S/C14H20N2O/c1-17-11-3-9-16-10-7-13-12(6-8-15)4-2-5-14(13)16/h2,4-5,7,10H,3,6,8-9,11,15H2,1H3. The predicted molar refractivity (Wildman–Crippen MR) is 71.2 cm³/mol. The first-order valence-electron chi connectivity index (χ1n) is 6.12. The van der Waals surface area contributed by atoms with E-state index in [2.05, 4.69) is 35.0 Å². The summed E-state index contributed by atoms with van der Waals surface area (Å²) in [4.78, 5) is 0. The Morgan fingerprint density at radius 1 is 1.29 bits per heavy atom. The number of ether oxygens (including phenoxy) is 1. The van der Waals surface area contributed by atoms with Crippen LogP contribution in [0.1, 0.15) is 12.0 Å². The van der Waals surface area contributed by atoms with E-state index in [9.17, 15) is 0 Å². The van der Waals surface area contributed by atoms with Gasteiger partial charge in [0, 0.05) is 37.4 Å². The summed E-state index contributed by atoms with van der Waals surface area (Å²) in [5, 5.41) is 1.33. The summed E-state index contributed by atoms with van der Waals surface area (Å²) < 4.78 is 7.37. The van der Waals surface area contributed by atoms with Gasteiger partial charge in [0.15, 0.2) is 0 Å². The maximum absolute atomic E-state index is 5.63. The normalized spacial score (nSPS) is 11.2. The third-order valence-electron chi connectivity index (χ3n) is 3.07. The molecular weight excluding hydrogens is 212 g/mol. The largest absolute Gasteiger partial charge is 0.385 e. The molecule has 2 N–H and O–H groups in total. The van der Waals surface area contributed by atoms with Crippen molar-refractivity contribution in [2.75, 3.05) is 20.3 Å². The summed E-state index contributed by atoms with van der Waals surface area (Å²) in [6, 6.07) is 8.63. The zero-order valence-corrected chi connectivity index (χ0v) is 10.4. The molecule has 0 atom stereocenters. The van der Waals surface area contributed by atoms with Crippen molar-refractivity contribution in [3.05, 3.63) is 36.0 Å². The van der Waals surface area contributed by atoms with Crippen LogP contribution < -0.4 is 5.73 Å². The van der Waals surface area contributed by atoms with Gasteiger partial charge < -0.3 is 15.0 Å². The first-order chi connectivity index (χ1) is 8.36. The molecule has 3 heteroatoms. The number of fused-ring (bicyclic) bond motifs is 1. The van der Waals surface area contributed by atoms with Gasteiger partial charge in [-0.15, -0.1) is 0 Å². The fourth-order valence-corrected chi connectivity index (χ4v) is 2.23. The number of methoxy groups -OCH3 is 1. The smallest absolute Gasteiger partial charge is 0.0483 e. The molecule has 17 heavy (non-hydrogen) atoms. The topological polar surface area (TPSA) is 40.2 Å². The van der Waals surface area contributed by atoms with E-state index in [1.165, 1.54) is 16.5 Å². The molecule has 0 radical (unpaired) electrons. The van der Waals surface area contributed by atoms with Crippen LogP contribution in [0.2, 0.25) is 0 Å². The van der Waals surface area contributed by atoms with E-state index in [-0.39, 0.29) is 0 Å². The molecule has 92 valence electrons. The molecule has 1 aromatic heterocycles. The molecule has 0 saturated heterocycles. The number of nitrogens with two attached hydrogens (primary N) is 1. The average Bonchev–Trinajstić information content (AvgIpc) is 2.75. The zero-order valence-electron chi connectivity index (χ0n) is 10.4. The van der Waals surface area contributed by atoms with Gasteiger partial charge in [-0.25, -0.2) is 0 Å². The van der Waals surface area contributed by atoms with E-state index >= 15 is 0 Å². The van der Waals surface area contributed by atoms with E-state index in [1.807, 2.05) is 0 Å². The third kappa shape index (κ3) is 2.68. The molecule has 0 aliphatic carbocycles. The average molecular weight is 232 g/mol. The van der Waals surface area contributed by atoms with Crippen LogP contribution in [0, 0.1) is 0 Å². The minimum Gasteiger partial charge on any atom is -0.385 e. The SMILES string of the molecule is COCCCn1ccc2c(CCN)cccc21. The molecule has 0 spiro atoms. The Morgan fingerprint density at radius 2 is 2.18 bits per heavy atom. The van der Waals surface area contributed by atoms with Gasteiger partial charge >= 0.3 is 0 Å². The Kier molecular flexibility index (Phi) is 4.18. The number of aromatic nitrogens is 1. The van der Waals surface area contributed by atoms with Crippen LogP contribution in [0.5, 0.6) is 0 Å². The van der Waals surface area contributed by atoms with Gasteiger partial charge in [0.05, 0.1) is 0 Å². The molecule has 0 saturated carbocycles. The summed E-state index contributed by atoms with van der Waals surface area (Å²) in [5.74, 6) is 0. The van der Waals surface area contributed by atoms with Crippen molar-refractivity contribution in [1.82, 2.24) is 4.57 Å². The first-order valence-corrected chi connectivity index (χ1v) is 6.12. The van der Waals surface area contributed by atoms with Crippen LogP contribution in [-0.2, 0) is 17.7 Å². The number of hydrogen-bond donors (Lipinski definition) is 1. The van der Waals surface area contributed by atoms with Crippen LogP contribution in [0.4, 0.5) is 0 Å². The second kappa shape index (κ2) is 5.84. The lowest BCUT2D eigenvalue weighted by atomic mass is 10.1. The van der Waals surface area contributed by atoms with Crippen molar-refractivity contribution in [1.29, 1.82) is 0 Å². The highest BCUT2D eigenvalue weighted by Gasteiger charge is 2.04. The van der Waals surface area contributed by atoms with Gasteiger partial charge in [0.25, 0.3) is 0 Å². The zero-order chi connectivity index (χ0) is 12.1. The Labute approximate surface area is 102 Å². The summed E-state index contributed by atoms with van der Waals surface area (Å²) in [7, 11) is 1.74. The van der Waals surface area contributed by atoms with Crippen LogP contribution in [0.3, 0.4) is 0 Å². The van der Waals surface area contributed by atoms with Gasteiger partial charge in [0.2, 0.25) is 0 Å². The van der Waals surface area contributed by atoms with Gasteiger partial charge in [-0.05, 0) is 37.1 Å². The summed E-state index contributed by atoms with van der Waals surface area (Å²) in [6.45, 7) is 2.51. The minimum atomic E-state index is 0.702. The Bertz CT molecular complexity index is 476. The van der Waals surface area contributed by atoms with Crippen molar-refractivity contribution < 1.29 is 4.74 Å². The molecule has 0 aliphatic heterocycles. The summed E-state index contributed by atoms with van der Waals surface area (Å²) >= 11 is 0. The van der Waals surface area contributed by atoms with Crippen molar-refractivity contribution in [2.45, 2.75) is 19.4 Å². The van der Waals surface area contributed by atoms with E-state index in [0.29, 0.717) is 6.54 Å². The van der Waals surface area contributed by atoms with Gasteiger partial charge in [-0.3, -0.25) is 0 Å². The van der Waals surface area contributed by atoms with Crippen molar-refractivity contribution in [3.8, 4) is 0 Å². The highest BCUT2D eigenvalue weighted by Crippen LogP contribution is 2.20. The molecule has 0 unspecified atom stereocenters. The molecule has 1 aromatic carbocycles. The van der Waals surface area contributed by atoms with Crippen molar-refractivity contribution >= 4 is 10.9 Å². The van der Waals surface area contributed by atoms with Gasteiger partial charge in [-0.2, -0.15) is 0 Å². The fraction of sp³-hybridized carbons (Fsp3) is 0.429. The van der Waals surface area contributed by atoms with Crippen LogP contribution >= 0.6 is 0 Å². The van der Waals surface area contributed by atoms with E-state index in [0.717, 1.165) is 26.0 Å².